The van der Waals surface area contributed by atoms with E-state index in [1.165, 1.54) is 0 Å². The number of hydrogen-bond donors (Lipinski definition) is 2. The second-order valence-corrected chi connectivity index (χ2v) is 5.09. The second-order valence-electron chi connectivity index (χ2n) is 5.09. The van der Waals surface area contributed by atoms with Gasteiger partial charge in [0.05, 0.1) is 19.3 Å². The van der Waals surface area contributed by atoms with Gasteiger partial charge >= 0.3 is 0 Å². The molecular formula is C15H19NO2. The van der Waals surface area contributed by atoms with Gasteiger partial charge in [0.1, 0.15) is 5.75 Å². The largest absolute Gasteiger partial charge is 0.497 e. The molecule has 0 unspecified atom stereocenters. The van der Waals surface area contributed by atoms with Gasteiger partial charge in [-0.15, -0.1) is 0 Å². The highest BCUT2D eigenvalue weighted by molar-refractivity contribution is 5.87. The molecule has 0 radical (unpaired) electrons. The number of rotatable bonds is 4. The van der Waals surface area contributed by atoms with Crippen LogP contribution in [0.1, 0.15) is 13.8 Å². The van der Waals surface area contributed by atoms with Crippen LogP contribution in [0.5, 0.6) is 5.75 Å². The van der Waals surface area contributed by atoms with Crippen LogP contribution in [0.2, 0.25) is 0 Å². The van der Waals surface area contributed by atoms with Crippen LogP contribution in [0.3, 0.4) is 0 Å². The molecule has 3 heteroatoms. The van der Waals surface area contributed by atoms with E-state index in [1.54, 1.807) is 7.11 Å². The van der Waals surface area contributed by atoms with Crippen molar-refractivity contribution in [1.29, 1.82) is 0 Å². The SMILES string of the molecule is COc1ccc2cc(NC(C)(C)CO)ccc2c1. The zero-order valence-electron chi connectivity index (χ0n) is 11.0. The fourth-order valence-corrected chi connectivity index (χ4v) is 1.86. The van der Waals surface area contributed by atoms with Crippen LogP contribution < -0.4 is 10.1 Å². The molecular weight excluding hydrogens is 226 g/mol. The molecule has 18 heavy (non-hydrogen) atoms. The minimum atomic E-state index is -0.319. The van der Waals surface area contributed by atoms with Crippen LogP contribution in [0, 0.1) is 0 Å². The Labute approximate surface area is 107 Å². The number of aliphatic hydroxyl groups excluding tert-OH is 1. The fraction of sp³-hybridized carbons (Fsp3) is 0.333. The van der Waals surface area contributed by atoms with Crippen LogP contribution in [-0.2, 0) is 0 Å². The van der Waals surface area contributed by atoms with E-state index in [0.717, 1.165) is 22.2 Å². The first-order valence-corrected chi connectivity index (χ1v) is 6.01. The molecule has 0 aliphatic carbocycles. The van der Waals surface area contributed by atoms with Gasteiger partial charge in [-0.2, -0.15) is 0 Å². The van der Waals surface area contributed by atoms with Crippen molar-refractivity contribution in [3.8, 4) is 5.75 Å². The van der Waals surface area contributed by atoms with Crippen molar-refractivity contribution in [3.63, 3.8) is 0 Å². The van der Waals surface area contributed by atoms with Crippen molar-refractivity contribution in [2.45, 2.75) is 19.4 Å². The third kappa shape index (κ3) is 2.74. The second kappa shape index (κ2) is 4.86. The zero-order chi connectivity index (χ0) is 13.2. The normalized spacial score (nSPS) is 11.6. The van der Waals surface area contributed by atoms with Gasteiger partial charge in [-0.25, -0.2) is 0 Å². The van der Waals surface area contributed by atoms with Gasteiger partial charge in [0, 0.05) is 5.69 Å². The highest BCUT2D eigenvalue weighted by atomic mass is 16.5. The maximum absolute atomic E-state index is 9.26. The highest BCUT2D eigenvalue weighted by Crippen LogP contribution is 2.25. The first-order chi connectivity index (χ1) is 8.54. The summed E-state index contributed by atoms with van der Waals surface area (Å²) >= 11 is 0. The molecule has 0 bridgehead atoms. The molecule has 0 atom stereocenters. The lowest BCUT2D eigenvalue weighted by Crippen LogP contribution is -2.34. The van der Waals surface area contributed by atoms with Crippen molar-refractivity contribution in [3.05, 3.63) is 36.4 Å². The third-order valence-corrected chi connectivity index (χ3v) is 2.93. The van der Waals surface area contributed by atoms with Gasteiger partial charge in [0.2, 0.25) is 0 Å². The molecule has 2 rings (SSSR count). The Morgan fingerprint density at radius 1 is 1.11 bits per heavy atom. The summed E-state index contributed by atoms with van der Waals surface area (Å²) in [4.78, 5) is 0. The number of hydrogen-bond acceptors (Lipinski definition) is 3. The van der Waals surface area contributed by atoms with Crippen molar-refractivity contribution in [2.24, 2.45) is 0 Å². The Morgan fingerprint density at radius 3 is 2.44 bits per heavy atom. The number of anilines is 1. The summed E-state index contributed by atoms with van der Waals surface area (Å²) in [6, 6.07) is 12.1. The number of fused-ring (bicyclic) bond motifs is 1. The minimum Gasteiger partial charge on any atom is -0.497 e. The minimum absolute atomic E-state index is 0.0909. The quantitative estimate of drug-likeness (QED) is 0.870. The molecule has 0 saturated carbocycles. The first-order valence-electron chi connectivity index (χ1n) is 6.01. The zero-order valence-corrected chi connectivity index (χ0v) is 11.0. The number of methoxy groups -OCH3 is 1. The Kier molecular flexibility index (Phi) is 3.43. The summed E-state index contributed by atoms with van der Waals surface area (Å²) in [5.41, 5.74) is 0.687. The van der Waals surface area contributed by atoms with Crippen molar-refractivity contribution >= 4 is 16.5 Å². The number of aliphatic hydroxyl groups is 1. The summed E-state index contributed by atoms with van der Waals surface area (Å²) in [5, 5.41) is 14.9. The summed E-state index contributed by atoms with van der Waals surface area (Å²) in [7, 11) is 1.67. The smallest absolute Gasteiger partial charge is 0.119 e. The van der Waals surface area contributed by atoms with Gasteiger partial charge in [0.25, 0.3) is 0 Å². The molecule has 2 aromatic carbocycles. The molecule has 3 nitrogen and oxygen atoms in total. The first kappa shape index (κ1) is 12.7. The van der Waals surface area contributed by atoms with Gasteiger partial charge < -0.3 is 15.2 Å². The van der Waals surface area contributed by atoms with Gasteiger partial charge in [-0.05, 0) is 48.9 Å². The van der Waals surface area contributed by atoms with Crippen LogP contribution in [0.25, 0.3) is 10.8 Å². The monoisotopic (exact) mass is 245 g/mol. The number of ether oxygens (including phenoxy) is 1. The van der Waals surface area contributed by atoms with Crippen LogP contribution in [0.15, 0.2) is 36.4 Å². The van der Waals surface area contributed by atoms with Crippen LogP contribution in [-0.4, -0.2) is 24.4 Å². The highest BCUT2D eigenvalue weighted by Gasteiger charge is 2.15. The van der Waals surface area contributed by atoms with E-state index in [-0.39, 0.29) is 12.1 Å². The third-order valence-electron chi connectivity index (χ3n) is 2.93. The Hall–Kier alpha value is -1.74. The average molecular weight is 245 g/mol. The fourth-order valence-electron chi connectivity index (χ4n) is 1.86. The van der Waals surface area contributed by atoms with Gasteiger partial charge in [0.15, 0.2) is 0 Å². The predicted octanol–water partition coefficient (Wildman–Crippen LogP) is 3.03. The van der Waals surface area contributed by atoms with Crippen LogP contribution >= 0.6 is 0 Å². The Bertz CT molecular complexity index is 549. The van der Waals surface area contributed by atoms with Crippen molar-refractivity contribution in [2.75, 3.05) is 19.0 Å². The molecule has 0 aliphatic heterocycles. The molecule has 96 valence electrons. The Balaban J connectivity index is 2.33. The summed E-state index contributed by atoms with van der Waals surface area (Å²) in [5.74, 6) is 0.860. The van der Waals surface area contributed by atoms with E-state index in [1.807, 2.05) is 44.2 Å². The molecule has 0 heterocycles. The Morgan fingerprint density at radius 2 is 1.78 bits per heavy atom. The molecule has 0 spiro atoms. The standard InChI is InChI=1S/C15H19NO2/c1-15(2,10-17)16-13-6-4-12-9-14(18-3)7-5-11(12)8-13/h4-9,16-17H,10H2,1-3H3. The average Bonchev–Trinajstić information content (AvgIpc) is 2.37. The number of benzene rings is 2. The summed E-state index contributed by atoms with van der Waals surface area (Å²) in [6.45, 7) is 4.02. The van der Waals surface area contributed by atoms with E-state index in [2.05, 4.69) is 11.4 Å². The molecule has 0 aromatic heterocycles. The molecule has 0 saturated heterocycles. The van der Waals surface area contributed by atoms with E-state index in [9.17, 15) is 5.11 Å². The molecule has 0 amide bonds. The van der Waals surface area contributed by atoms with E-state index >= 15 is 0 Å². The van der Waals surface area contributed by atoms with Crippen molar-refractivity contribution in [1.82, 2.24) is 0 Å². The predicted molar refractivity (Wildman–Crippen MR) is 75.3 cm³/mol. The molecule has 0 fully saturated rings. The topological polar surface area (TPSA) is 41.5 Å². The lowest BCUT2D eigenvalue weighted by Gasteiger charge is -2.25. The van der Waals surface area contributed by atoms with E-state index in [4.69, 9.17) is 4.74 Å². The molecule has 2 aromatic rings. The number of nitrogens with one attached hydrogen (secondary N) is 1. The lowest BCUT2D eigenvalue weighted by molar-refractivity contribution is 0.234. The van der Waals surface area contributed by atoms with E-state index in [0.29, 0.717) is 0 Å². The lowest BCUT2D eigenvalue weighted by atomic mass is 10.0. The maximum atomic E-state index is 9.26. The molecule has 0 aliphatic rings. The van der Waals surface area contributed by atoms with Crippen LogP contribution in [0.4, 0.5) is 5.69 Å². The van der Waals surface area contributed by atoms with Crippen molar-refractivity contribution < 1.29 is 9.84 Å². The van der Waals surface area contributed by atoms with E-state index < -0.39 is 0 Å². The summed E-state index contributed by atoms with van der Waals surface area (Å²) < 4.78 is 5.20. The summed E-state index contributed by atoms with van der Waals surface area (Å²) in [6.07, 6.45) is 0. The molecule has 2 N–H and O–H groups in total. The van der Waals surface area contributed by atoms with Gasteiger partial charge in [-0.3, -0.25) is 0 Å². The maximum Gasteiger partial charge on any atom is 0.119 e. The van der Waals surface area contributed by atoms with Gasteiger partial charge in [-0.1, -0.05) is 12.1 Å².